The summed E-state index contributed by atoms with van der Waals surface area (Å²) >= 11 is 1.63. The zero-order chi connectivity index (χ0) is 29.3. The van der Waals surface area contributed by atoms with Crippen LogP contribution in [0.25, 0.3) is 0 Å². The Kier molecular flexibility index (Phi) is 8.51. The second kappa shape index (κ2) is 12.1. The number of benzene rings is 1. The van der Waals surface area contributed by atoms with Gasteiger partial charge < -0.3 is 24.5 Å². The minimum absolute atomic E-state index is 0.0284. The molecule has 1 unspecified atom stereocenters. The third-order valence-corrected chi connectivity index (χ3v) is 11.3. The predicted molar refractivity (Wildman–Crippen MR) is 162 cm³/mol. The highest BCUT2D eigenvalue weighted by atomic mass is 32.2. The minimum atomic E-state index is -0.837. The summed E-state index contributed by atoms with van der Waals surface area (Å²) in [5.74, 6) is -1.41. The number of carbonyl (C=O) groups excluding carboxylic acids is 3. The lowest BCUT2D eigenvalue weighted by atomic mass is 9.74. The molecule has 3 amide bonds. The highest BCUT2D eigenvalue weighted by molar-refractivity contribution is 8.02. The molecule has 1 N–H and O–H groups in total. The first-order valence-corrected chi connectivity index (χ1v) is 16.1. The number of rotatable bonds is 9. The second-order valence-corrected chi connectivity index (χ2v) is 14.0. The number of thioether (sulfide) groups is 1. The van der Waals surface area contributed by atoms with Crippen molar-refractivity contribution in [2.75, 3.05) is 65.6 Å². The molecule has 0 saturated carbocycles. The van der Waals surface area contributed by atoms with Crippen LogP contribution in [0, 0.1) is 11.8 Å². The number of aliphatic hydroxyl groups is 1. The molecule has 1 aromatic carbocycles. The van der Waals surface area contributed by atoms with Crippen molar-refractivity contribution in [2.45, 2.75) is 41.8 Å². The van der Waals surface area contributed by atoms with E-state index in [-0.39, 0.29) is 24.3 Å². The summed E-state index contributed by atoms with van der Waals surface area (Å²) in [6.07, 6.45) is 9.46. The van der Waals surface area contributed by atoms with E-state index in [0.717, 1.165) is 25.2 Å². The summed E-state index contributed by atoms with van der Waals surface area (Å²) in [7, 11) is 0. The third kappa shape index (κ3) is 5.20. The molecule has 5 aliphatic rings. The van der Waals surface area contributed by atoms with Gasteiger partial charge in [-0.05, 0) is 25.3 Å². The molecular weight excluding hydrogens is 552 g/mol. The second-order valence-electron chi connectivity index (χ2n) is 12.2. The van der Waals surface area contributed by atoms with E-state index in [1.54, 1.807) is 16.7 Å². The van der Waals surface area contributed by atoms with E-state index in [1.165, 1.54) is 0 Å². The van der Waals surface area contributed by atoms with Crippen LogP contribution in [0.5, 0.6) is 0 Å². The maximum Gasteiger partial charge on any atom is 0.247 e. The maximum absolute atomic E-state index is 14.5. The number of nitrogens with zero attached hydrogens (tertiary/aromatic N) is 4. The van der Waals surface area contributed by atoms with Crippen LogP contribution < -0.4 is 0 Å². The fourth-order valence-corrected chi connectivity index (χ4v) is 9.64. The average Bonchev–Trinajstić information content (AvgIpc) is 3.26. The third-order valence-electron chi connectivity index (χ3n) is 9.54. The smallest absolute Gasteiger partial charge is 0.247 e. The van der Waals surface area contributed by atoms with Gasteiger partial charge >= 0.3 is 0 Å². The molecule has 0 aromatic heterocycles. The van der Waals surface area contributed by atoms with Crippen molar-refractivity contribution in [3.63, 3.8) is 0 Å². The normalized spacial score (nSPS) is 33.0. The van der Waals surface area contributed by atoms with Gasteiger partial charge in [-0.3, -0.25) is 19.3 Å². The lowest BCUT2D eigenvalue weighted by molar-refractivity contribution is -0.145. The van der Waals surface area contributed by atoms with Crippen LogP contribution in [0.1, 0.15) is 25.3 Å². The van der Waals surface area contributed by atoms with Gasteiger partial charge in [-0.2, -0.15) is 0 Å². The van der Waals surface area contributed by atoms with Crippen molar-refractivity contribution in [3.05, 3.63) is 60.2 Å². The predicted octanol–water partition coefficient (Wildman–Crippen LogP) is 1.78. The number of carbonyl (C=O) groups is 3. The van der Waals surface area contributed by atoms with Crippen molar-refractivity contribution in [1.29, 1.82) is 0 Å². The van der Waals surface area contributed by atoms with Gasteiger partial charge in [0.25, 0.3) is 0 Å². The minimum Gasteiger partial charge on any atom is -0.396 e. The van der Waals surface area contributed by atoms with E-state index in [2.05, 4.69) is 30.1 Å². The highest BCUT2D eigenvalue weighted by Gasteiger charge is 2.73. The van der Waals surface area contributed by atoms with Gasteiger partial charge in [0.2, 0.25) is 17.7 Å². The molecule has 5 heterocycles. The number of morpholine rings is 1. The Labute approximate surface area is 252 Å². The zero-order valence-corrected chi connectivity index (χ0v) is 25.2. The lowest BCUT2D eigenvalue weighted by Gasteiger charge is -2.37. The number of amides is 3. The molecule has 3 fully saturated rings. The van der Waals surface area contributed by atoms with Crippen molar-refractivity contribution < 1.29 is 24.2 Å². The molecule has 0 bridgehead atoms. The van der Waals surface area contributed by atoms with Crippen LogP contribution in [-0.2, 0) is 25.7 Å². The summed E-state index contributed by atoms with van der Waals surface area (Å²) in [4.78, 5) is 51.1. The number of aliphatic hydroxyl groups excluding tert-OH is 1. The summed E-state index contributed by atoms with van der Waals surface area (Å²) in [5.41, 5.74) is 1.05. The molecule has 226 valence electrons. The monoisotopic (exact) mass is 594 g/mol. The zero-order valence-electron chi connectivity index (χ0n) is 24.4. The fourth-order valence-electron chi connectivity index (χ4n) is 7.49. The van der Waals surface area contributed by atoms with Crippen LogP contribution in [-0.4, -0.2) is 124 Å². The van der Waals surface area contributed by atoms with E-state index in [9.17, 15) is 19.5 Å². The lowest BCUT2D eigenvalue weighted by Crippen LogP contribution is -2.54. The Balaban J connectivity index is 1.33. The molecule has 0 radical (unpaired) electrons. The Hall–Kier alpha value is -2.66. The summed E-state index contributed by atoms with van der Waals surface area (Å²) < 4.78 is 4.03. The number of hydrogen-bond acceptors (Lipinski definition) is 7. The number of hydrogen-bond donors (Lipinski definition) is 1. The SMILES string of the molecule is C[C@@]12C=CCN(Cc3ccccc3)C(=O)[C@@H]1[C@H]1C(=O)N(CCCCO)C3C(=O)N(CCN4CCOCC4)CC=C[C@@]31S2. The summed E-state index contributed by atoms with van der Waals surface area (Å²) in [6, 6.07) is 9.26. The first-order chi connectivity index (χ1) is 20.4. The Morgan fingerprint density at radius 2 is 1.62 bits per heavy atom. The van der Waals surface area contributed by atoms with E-state index < -0.39 is 27.4 Å². The van der Waals surface area contributed by atoms with Crippen molar-refractivity contribution >= 4 is 29.5 Å². The van der Waals surface area contributed by atoms with Gasteiger partial charge in [-0.25, -0.2) is 0 Å². The summed E-state index contributed by atoms with van der Waals surface area (Å²) in [6.45, 7) is 8.38. The Bertz CT molecular complexity index is 1240. The number of unbranched alkanes of at least 4 members (excludes halogenated alkanes) is 1. The first kappa shape index (κ1) is 29.4. The van der Waals surface area contributed by atoms with Crippen LogP contribution in [0.3, 0.4) is 0 Å². The number of fused-ring (bicyclic) bond motifs is 2. The van der Waals surface area contributed by atoms with Gasteiger partial charge in [0.05, 0.1) is 29.8 Å². The molecule has 1 aromatic rings. The van der Waals surface area contributed by atoms with Gasteiger partial charge in [0, 0.05) is 63.7 Å². The molecule has 10 heteroatoms. The van der Waals surface area contributed by atoms with Gasteiger partial charge in [0.15, 0.2) is 0 Å². The van der Waals surface area contributed by atoms with E-state index in [4.69, 9.17) is 4.74 Å². The van der Waals surface area contributed by atoms with Gasteiger partial charge in [-0.1, -0.05) is 54.6 Å². The van der Waals surface area contributed by atoms with Crippen molar-refractivity contribution in [2.24, 2.45) is 11.8 Å². The molecule has 6 rings (SSSR count). The summed E-state index contributed by atoms with van der Waals surface area (Å²) in [5, 5.41) is 9.47. The quantitative estimate of drug-likeness (QED) is 0.344. The molecular formula is C32H42N4O5S. The van der Waals surface area contributed by atoms with Crippen LogP contribution >= 0.6 is 11.8 Å². The van der Waals surface area contributed by atoms with Crippen LogP contribution in [0.2, 0.25) is 0 Å². The topological polar surface area (TPSA) is 93.6 Å². The molecule has 3 saturated heterocycles. The van der Waals surface area contributed by atoms with Gasteiger partial charge in [0.1, 0.15) is 6.04 Å². The average molecular weight is 595 g/mol. The van der Waals surface area contributed by atoms with Crippen LogP contribution in [0.15, 0.2) is 54.6 Å². The van der Waals surface area contributed by atoms with E-state index in [0.29, 0.717) is 58.8 Å². The van der Waals surface area contributed by atoms with E-state index >= 15 is 0 Å². The highest BCUT2D eigenvalue weighted by Crippen LogP contribution is 2.65. The van der Waals surface area contributed by atoms with Crippen molar-refractivity contribution in [3.8, 4) is 0 Å². The number of ether oxygens (including phenoxy) is 1. The van der Waals surface area contributed by atoms with Crippen LogP contribution in [0.4, 0.5) is 0 Å². The molecule has 1 spiro atoms. The Morgan fingerprint density at radius 3 is 2.38 bits per heavy atom. The largest absolute Gasteiger partial charge is 0.396 e. The van der Waals surface area contributed by atoms with Crippen molar-refractivity contribution in [1.82, 2.24) is 19.6 Å². The molecule has 5 atom stereocenters. The Morgan fingerprint density at radius 1 is 0.881 bits per heavy atom. The molecule has 9 nitrogen and oxygen atoms in total. The fraction of sp³-hybridized carbons (Fsp3) is 0.594. The van der Waals surface area contributed by atoms with Gasteiger partial charge in [-0.15, -0.1) is 11.8 Å². The molecule has 42 heavy (non-hydrogen) atoms. The first-order valence-electron chi connectivity index (χ1n) is 15.3. The standard InChI is InChI=1S/C32H42N4O5S/c1-31-11-7-14-35(23-24-9-3-2-4-10-24)28(38)25(31)26-29(39)36(15-5-6-20-37)27-30(40)34(13-8-12-32(26,27)42-31)17-16-33-18-21-41-22-19-33/h2-4,7-12,25-27,37H,5-6,13-23H2,1H3/t25-,26-,27?,31+,32-/m0/s1. The van der Waals surface area contributed by atoms with E-state index in [1.807, 2.05) is 46.2 Å². The molecule has 0 aliphatic carbocycles. The maximum atomic E-state index is 14.5. The molecule has 5 aliphatic heterocycles. The number of likely N-dealkylation sites (tertiary alicyclic amines) is 1.